The summed E-state index contributed by atoms with van der Waals surface area (Å²) < 4.78 is 5.95. The van der Waals surface area contributed by atoms with Crippen LogP contribution in [0.5, 0.6) is 0 Å². The van der Waals surface area contributed by atoms with Crippen LogP contribution in [-0.2, 0) is 4.43 Å². The molecule has 1 unspecified atom stereocenters. The first-order chi connectivity index (χ1) is 6.88. The highest BCUT2D eigenvalue weighted by Gasteiger charge is 2.27. The summed E-state index contributed by atoms with van der Waals surface area (Å²) in [5.41, 5.74) is 2.49. The molecule has 1 radical (unpaired) electrons. The van der Waals surface area contributed by atoms with Gasteiger partial charge in [0.05, 0.1) is 0 Å². The van der Waals surface area contributed by atoms with E-state index in [-0.39, 0.29) is 0 Å². The Labute approximate surface area is 89.3 Å². The van der Waals surface area contributed by atoms with E-state index in [9.17, 15) is 0 Å². The van der Waals surface area contributed by atoms with Crippen molar-refractivity contribution in [2.75, 3.05) is 6.61 Å². The molecule has 0 saturated carbocycles. The second-order valence-electron chi connectivity index (χ2n) is 4.52. The van der Waals surface area contributed by atoms with Crippen molar-refractivity contribution in [3.63, 3.8) is 0 Å². The molecule has 1 fully saturated rings. The lowest BCUT2D eigenvalue weighted by molar-refractivity contribution is 0.282. The minimum atomic E-state index is -0.493. The maximum absolute atomic E-state index is 5.95. The van der Waals surface area contributed by atoms with Gasteiger partial charge in [0.25, 0.3) is 0 Å². The van der Waals surface area contributed by atoms with E-state index in [0.29, 0.717) is 0 Å². The Morgan fingerprint density at radius 1 is 1.29 bits per heavy atom. The molecule has 1 atom stereocenters. The minimum Gasteiger partial charge on any atom is -0.416 e. The van der Waals surface area contributed by atoms with Crippen molar-refractivity contribution in [1.82, 2.24) is 0 Å². The molecule has 79 valence electrons. The third kappa shape index (κ3) is 2.48. The molecule has 0 N–H and O–H groups in total. The van der Waals surface area contributed by atoms with Crippen molar-refractivity contribution in [2.45, 2.75) is 57.0 Å². The normalized spacial score (nSPS) is 27.1. The number of allylic oxidation sites excluding steroid dienone is 2. The third-order valence-electron chi connectivity index (χ3n) is 3.47. The van der Waals surface area contributed by atoms with Crippen molar-refractivity contribution >= 4 is 9.04 Å². The number of hydrogen-bond acceptors (Lipinski definition) is 1. The topological polar surface area (TPSA) is 9.23 Å². The fourth-order valence-electron chi connectivity index (χ4n) is 2.48. The second kappa shape index (κ2) is 5.13. The largest absolute Gasteiger partial charge is 0.416 e. The smallest absolute Gasteiger partial charge is 0.218 e. The molecule has 2 heteroatoms. The lowest BCUT2D eigenvalue weighted by Crippen LogP contribution is -2.28. The summed E-state index contributed by atoms with van der Waals surface area (Å²) in [4.78, 5) is 0. The van der Waals surface area contributed by atoms with Crippen molar-refractivity contribution in [3.05, 3.63) is 11.6 Å². The first-order valence-electron chi connectivity index (χ1n) is 6.05. The molecule has 2 aliphatic rings. The summed E-state index contributed by atoms with van der Waals surface area (Å²) in [6.45, 7) is 3.43. The lowest BCUT2D eigenvalue weighted by Gasteiger charge is -2.28. The number of rotatable bonds is 2. The highest BCUT2D eigenvalue weighted by molar-refractivity contribution is 6.54. The molecule has 14 heavy (non-hydrogen) atoms. The van der Waals surface area contributed by atoms with Crippen LogP contribution in [0.3, 0.4) is 0 Å². The van der Waals surface area contributed by atoms with E-state index >= 15 is 0 Å². The first kappa shape index (κ1) is 10.4. The van der Waals surface area contributed by atoms with Crippen molar-refractivity contribution < 1.29 is 4.43 Å². The average Bonchev–Trinajstić information content (AvgIpc) is 2.30. The number of hydrogen-bond donors (Lipinski definition) is 0. The fraction of sp³-hybridized carbons (Fsp3) is 0.833. The van der Waals surface area contributed by atoms with Gasteiger partial charge in [0.1, 0.15) is 0 Å². The molecule has 1 nitrogen and oxygen atoms in total. The molecule has 2 rings (SSSR count). The van der Waals surface area contributed by atoms with E-state index in [1.165, 1.54) is 44.6 Å². The summed E-state index contributed by atoms with van der Waals surface area (Å²) in [6, 6.07) is 1.38. The Hall–Kier alpha value is -0.0831. The standard InChI is InChI=1S/C12H21OSi/c1-11(12-7-3-2-4-8-12)14-10-6-5-9-13-14/h7,11H,2-6,8-10H2,1H3. The van der Waals surface area contributed by atoms with Gasteiger partial charge in [0.15, 0.2) is 0 Å². The first-order valence-corrected chi connectivity index (χ1v) is 7.74. The van der Waals surface area contributed by atoms with Gasteiger partial charge in [-0.1, -0.05) is 25.0 Å². The van der Waals surface area contributed by atoms with Crippen LogP contribution in [0, 0.1) is 0 Å². The molecule has 1 aliphatic carbocycles. The molecular formula is C12H21OSi. The van der Waals surface area contributed by atoms with Gasteiger partial charge in [-0.2, -0.15) is 0 Å². The van der Waals surface area contributed by atoms with Crippen molar-refractivity contribution in [2.24, 2.45) is 0 Å². The monoisotopic (exact) mass is 209 g/mol. The molecule has 1 saturated heterocycles. The molecule has 0 aromatic heterocycles. The van der Waals surface area contributed by atoms with E-state index < -0.39 is 9.04 Å². The molecule has 1 heterocycles. The van der Waals surface area contributed by atoms with Crippen LogP contribution >= 0.6 is 0 Å². The van der Waals surface area contributed by atoms with Crippen LogP contribution in [0.25, 0.3) is 0 Å². The predicted octanol–water partition coefficient (Wildman–Crippen LogP) is 3.68. The van der Waals surface area contributed by atoms with Crippen LogP contribution in [0.1, 0.15) is 45.4 Å². The summed E-state index contributed by atoms with van der Waals surface area (Å²) in [7, 11) is -0.493. The van der Waals surface area contributed by atoms with E-state index in [0.717, 1.165) is 12.1 Å². The molecule has 0 amide bonds. The maximum atomic E-state index is 5.95. The van der Waals surface area contributed by atoms with Crippen molar-refractivity contribution in [3.8, 4) is 0 Å². The van der Waals surface area contributed by atoms with Crippen LogP contribution in [0.2, 0.25) is 11.6 Å². The van der Waals surface area contributed by atoms with Gasteiger partial charge >= 0.3 is 0 Å². The highest BCUT2D eigenvalue weighted by atomic mass is 28.3. The molecule has 0 aromatic rings. The van der Waals surface area contributed by atoms with Gasteiger partial charge in [-0.25, -0.2) is 0 Å². The van der Waals surface area contributed by atoms with Crippen LogP contribution < -0.4 is 0 Å². The van der Waals surface area contributed by atoms with Gasteiger partial charge in [0, 0.05) is 6.61 Å². The molecule has 0 bridgehead atoms. The van der Waals surface area contributed by atoms with Gasteiger partial charge in [-0.05, 0) is 43.7 Å². The van der Waals surface area contributed by atoms with Crippen LogP contribution in [-0.4, -0.2) is 15.6 Å². The van der Waals surface area contributed by atoms with Gasteiger partial charge in [-0.3, -0.25) is 0 Å². The van der Waals surface area contributed by atoms with E-state index in [1.807, 2.05) is 0 Å². The Morgan fingerprint density at radius 3 is 2.86 bits per heavy atom. The zero-order chi connectivity index (χ0) is 9.80. The quantitative estimate of drug-likeness (QED) is 0.498. The fourth-order valence-corrected chi connectivity index (χ4v) is 4.99. The zero-order valence-corrected chi connectivity index (χ0v) is 10.2. The van der Waals surface area contributed by atoms with E-state index in [1.54, 1.807) is 5.57 Å². The average molecular weight is 209 g/mol. The van der Waals surface area contributed by atoms with Gasteiger partial charge in [-0.15, -0.1) is 0 Å². The Kier molecular flexibility index (Phi) is 3.82. The molecule has 0 aromatic carbocycles. The predicted molar refractivity (Wildman–Crippen MR) is 61.7 cm³/mol. The lowest BCUT2D eigenvalue weighted by atomic mass is 9.97. The maximum Gasteiger partial charge on any atom is 0.218 e. The summed E-state index contributed by atoms with van der Waals surface area (Å²) >= 11 is 0. The van der Waals surface area contributed by atoms with Gasteiger partial charge in [0.2, 0.25) is 9.04 Å². The summed E-state index contributed by atoms with van der Waals surface area (Å²) in [5.74, 6) is 0. The summed E-state index contributed by atoms with van der Waals surface area (Å²) in [6.07, 6.45) is 10.7. The van der Waals surface area contributed by atoms with Crippen LogP contribution in [0.15, 0.2) is 11.6 Å². The molecule has 0 spiro atoms. The molecule has 1 aliphatic heterocycles. The van der Waals surface area contributed by atoms with Crippen LogP contribution in [0.4, 0.5) is 0 Å². The third-order valence-corrected chi connectivity index (χ3v) is 6.23. The zero-order valence-electron chi connectivity index (χ0n) is 9.22. The Bertz CT molecular complexity index is 206. The Balaban J connectivity index is 1.91. The second-order valence-corrected chi connectivity index (χ2v) is 7.11. The SMILES string of the molecule is CC(C1=CCCCC1)[Si]1CCCCO1. The summed E-state index contributed by atoms with van der Waals surface area (Å²) in [5, 5.41) is 0. The Morgan fingerprint density at radius 2 is 2.21 bits per heavy atom. The van der Waals surface area contributed by atoms with E-state index in [4.69, 9.17) is 4.43 Å². The molecular weight excluding hydrogens is 188 g/mol. The highest BCUT2D eigenvalue weighted by Crippen LogP contribution is 2.33. The minimum absolute atomic E-state index is 0.493. The van der Waals surface area contributed by atoms with Crippen molar-refractivity contribution in [1.29, 1.82) is 0 Å². The van der Waals surface area contributed by atoms with E-state index in [2.05, 4.69) is 13.0 Å². The van der Waals surface area contributed by atoms with Gasteiger partial charge < -0.3 is 4.43 Å².